The van der Waals surface area contributed by atoms with Gasteiger partial charge in [-0.2, -0.15) is 0 Å². The Morgan fingerprint density at radius 3 is 0.884 bits per heavy atom. The van der Waals surface area contributed by atoms with Gasteiger partial charge >= 0.3 is 0 Å². The summed E-state index contributed by atoms with van der Waals surface area (Å²) >= 11 is 0. The van der Waals surface area contributed by atoms with Crippen LogP contribution in [0.4, 0.5) is 0 Å². The van der Waals surface area contributed by atoms with Crippen molar-refractivity contribution < 1.29 is 28.4 Å². The van der Waals surface area contributed by atoms with Crippen LogP contribution in [0.1, 0.15) is 44.4 Å². The Morgan fingerprint density at radius 2 is 0.698 bits per heavy atom. The maximum Gasteiger partial charge on any atom is 0.177 e. The van der Waals surface area contributed by atoms with Crippen LogP contribution in [-0.4, -0.2) is 50.7 Å². The minimum Gasteiger partial charge on any atom is -0.496 e. The predicted octanol–water partition coefficient (Wildman–Crippen LogP) is 5.98. The van der Waals surface area contributed by atoms with Crippen molar-refractivity contribution in [3.05, 3.63) is 75.0 Å². The Bertz CT molecular complexity index is 1390. The Morgan fingerprint density at radius 1 is 0.442 bits per heavy atom. The highest BCUT2D eigenvalue weighted by Crippen LogP contribution is 2.44. The van der Waals surface area contributed by atoms with Gasteiger partial charge in [-0.3, -0.25) is 0 Å². The van der Waals surface area contributed by atoms with Crippen LogP contribution in [-0.2, 0) is 0 Å². The lowest BCUT2D eigenvalue weighted by molar-refractivity contribution is 0.389. The number of hydrogen-bond acceptors (Lipinski definition) is 6. The topological polar surface area (TPSA) is 55.4 Å². The van der Waals surface area contributed by atoms with E-state index in [0.717, 1.165) is 66.7 Å². The molecule has 1 unspecified atom stereocenters. The summed E-state index contributed by atoms with van der Waals surface area (Å²) in [5.74, 6) is 4.81. The molecule has 0 saturated carbocycles. The molecule has 0 radical (unpaired) electrons. The van der Waals surface area contributed by atoms with Crippen LogP contribution in [0.5, 0.6) is 34.5 Å². The molecule has 0 amide bonds. The molecule has 43 heavy (non-hydrogen) atoms. The number of hydrogen-bond donors (Lipinski definition) is 0. The molecule has 0 saturated heterocycles. The second-order valence-electron chi connectivity index (χ2n) is 11.3. The molecule has 1 atom stereocenters. The molecule has 0 N–H and O–H groups in total. The standard InChI is InChI=1S/C36H46O6Si/c1-20-21(2)23(4)36(22(20)3)43(27-14-30(37-8)24(5)31(15-27)38-9,28-16-32(39-10)25(6)33(17-28)40-11)29-18-34(41-12)26(7)35(19-29)42-13/h14-19,22H,1-13H3. The molecule has 0 bridgehead atoms. The first-order chi connectivity index (χ1) is 20.5. The van der Waals surface area contributed by atoms with Gasteiger partial charge in [-0.25, -0.2) is 0 Å². The van der Waals surface area contributed by atoms with Crippen molar-refractivity contribution in [1.82, 2.24) is 0 Å². The van der Waals surface area contributed by atoms with E-state index < -0.39 is 8.07 Å². The minimum absolute atomic E-state index is 0.182. The van der Waals surface area contributed by atoms with Crippen molar-refractivity contribution in [2.75, 3.05) is 42.7 Å². The van der Waals surface area contributed by atoms with E-state index in [4.69, 9.17) is 28.4 Å². The van der Waals surface area contributed by atoms with Gasteiger partial charge in [0.05, 0.1) is 42.7 Å². The molecule has 6 nitrogen and oxygen atoms in total. The molecular weight excluding hydrogens is 556 g/mol. The van der Waals surface area contributed by atoms with E-state index in [1.807, 2.05) is 20.8 Å². The first-order valence-electron chi connectivity index (χ1n) is 14.5. The minimum atomic E-state index is -3.20. The van der Waals surface area contributed by atoms with Crippen LogP contribution in [0, 0.1) is 26.7 Å². The normalized spacial score (nSPS) is 15.1. The van der Waals surface area contributed by atoms with Gasteiger partial charge in [-0.05, 0) is 105 Å². The van der Waals surface area contributed by atoms with E-state index in [2.05, 4.69) is 64.1 Å². The fourth-order valence-electron chi connectivity index (χ4n) is 6.84. The molecule has 0 aliphatic heterocycles. The van der Waals surface area contributed by atoms with Crippen molar-refractivity contribution in [3.8, 4) is 34.5 Å². The van der Waals surface area contributed by atoms with E-state index in [1.165, 1.54) is 21.9 Å². The molecule has 0 fully saturated rings. The number of methoxy groups -OCH3 is 6. The lowest BCUT2D eigenvalue weighted by Gasteiger charge is -2.40. The molecule has 230 valence electrons. The molecular formula is C36H46O6Si. The largest absolute Gasteiger partial charge is 0.496 e. The molecule has 7 heteroatoms. The van der Waals surface area contributed by atoms with Crippen LogP contribution in [0.3, 0.4) is 0 Å². The third kappa shape index (κ3) is 4.97. The van der Waals surface area contributed by atoms with Gasteiger partial charge in [0, 0.05) is 16.7 Å². The highest BCUT2D eigenvalue weighted by atomic mass is 28.3. The molecule has 0 spiro atoms. The maximum atomic E-state index is 5.99. The van der Waals surface area contributed by atoms with Gasteiger partial charge in [-0.1, -0.05) is 23.3 Å². The monoisotopic (exact) mass is 602 g/mol. The summed E-state index contributed by atoms with van der Waals surface area (Å²) in [6.07, 6.45) is 0. The number of benzene rings is 3. The zero-order valence-corrected chi connectivity index (χ0v) is 29.0. The van der Waals surface area contributed by atoms with Gasteiger partial charge in [0.15, 0.2) is 8.07 Å². The number of allylic oxidation sites excluding steroid dienone is 4. The summed E-state index contributed by atoms with van der Waals surface area (Å²) in [6.45, 7) is 15.1. The summed E-state index contributed by atoms with van der Waals surface area (Å²) in [4.78, 5) is 0. The lowest BCUT2D eigenvalue weighted by atomic mass is 10.1. The summed E-state index contributed by atoms with van der Waals surface area (Å²) in [5, 5.41) is 4.75. The zero-order chi connectivity index (χ0) is 31.8. The summed E-state index contributed by atoms with van der Waals surface area (Å²) in [7, 11) is 7.07. The second-order valence-corrected chi connectivity index (χ2v) is 15.1. The van der Waals surface area contributed by atoms with Crippen molar-refractivity contribution >= 4 is 23.6 Å². The molecule has 4 rings (SSSR count). The molecule has 0 heterocycles. The highest BCUT2D eigenvalue weighted by molar-refractivity contribution is 7.16. The molecule has 0 aromatic heterocycles. The van der Waals surface area contributed by atoms with Gasteiger partial charge in [-0.15, -0.1) is 0 Å². The Labute approximate surface area is 258 Å². The Kier molecular flexibility index (Phi) is 9.26. The van der Waals surface area contributed by atoms with Gasteiger partial charge in [0.1, 0.15) is 34.5 Å². The fraction of sp³-hybridized carbons (Fsp3) is 0.389. The second kappa shape index (κ2) is 12.4. The van der Waals surface area contributed by atoms with Crippen LogP contribution in [0.25, 0.3) is 0 Å². The molecule has 1 aliphatic rings. The predicted molar refractivity (Wildman–Crippen MR) is 178 cm³/mol. The van der Waals surface area contributed by atoms with Gasteiger partial charge in [0.2, 0.25) is 0 Å². The van der Waals surface area contributed by atoms with Crippen LogP contribution < -0.4 is 44.0 Å². The van der Waals surface area contributed by atoms with E-state index in [0.29, 0.717) is 0 Å². The van der Waals surface area contributed by atoms with Crippen LogP contribution >= 0.6 is 0 Å². The van der Waals surface area contributed by atoms with Gasteiger partial charge < -0.3 is 28.4 Å². The van der Waals surface area contributed by atoms with Crippen molar-refractivity contribution in [2.45, 2.75) is 48.5 Å². The van der Waals surface area contributed by atoms with Gasteiger partial charge in [0.25, 0.3) is 0 Å². The fourth-order valence-corrected chi connectivity index (χ4v) is 12.5. The maximum absolute atomic E-state index is 5.99. The number of ether oxygens (including phenoxy) is 6. The highest BCUT2D eigenvalue weighted by Gasteiger charge is 2.50. The summed E-state index contributed by atoms with van der Waals surface area (Å²) in [5.41, 5.74) is 6.84. The van der Waals surface area contributed by atoms with E-state index in [9.17, 15) is 0 Å². The SMILES string of the molecule is COc1cc([Si](C2=C(C)C(C)=C(C)C2C)(c2cc(OC)c(C)c(OC)c2)c2cc(OC)c(C)c(OC)c2)cc(OC)c1C. The first-order valence-corrected chi connectivity index (χ1v) is 16.5. The summed E-state index contributed by atoms with van der Waals surface area (Å²) in [6, 6.07) is 13.2. The quantitative estimate of drug-likeness (QED) is 0.210. The molecule has 3 aromatic rings. The molecule has 3 aromatic carbocycles. The average molecular weight is 603 g/mol. The lowest BCUT2D eigenvalue weighted by Crippen LogP contribution is -2.69. The summed E-state index contributed by atoms with van der Waals surface area (Å²) < 4.78 is 35.9. The van der Waals surface area contributed by atoms with Crippen LogP contribution in [0.2, 0.25) is 0 Å². The average Bonchev–Trinajstić information content (AvgIpc) is 3.21. The molecule has 1 aliphatic carbocycles. The number of rotatable bonds is 10. The van der Waals surface area contributed by atoms with Crippen LogP contribution in [0.15, 0.2) is 58.3 Å². The zero-order valence-electron chi connectivity index (χ0n) is 28.0. The van der Waals surface area contributed by atoms with Crippen molar-refractivity contribution in [1.29, 1.82) is 0 Å². The third-order valence-electron chi connectivity index (χ3n) is 9.60. The van der Waals surface area contributed by atoms with E-state index in [1.54, 1.807) is 42.7 Å². The third-order valence-corrected chi connectivity index (χ3v) is 14.7. The Hall–Kier alpha value is -3.84. The first kappa shape index (κ1) is 32.1. The van der Waals surface area contributed by atoms with Crippen molar-refractivity contribution in [2.24, 2.45) is 5.92 Å². The van der Waals surface area contributed by atoms with E-state index in [-0.39, 0.29) is 5.92 Å². The van der Waals surface area contributed by atoms with E-state index >= 15 is 0 Å². The van der Waals surface area contributed by atoms with Crippen molar-refractivity contribution in [3.63, 3.8) is 0 Å². The smallest absolute Gasteiger partial charge is 0.177 e. The Balaban J connectivity index is 2.38.